The van der Waals surface area contributed by atoms with Gasteiger partial charge in [-0.2, -0.15) is 0 Å². The van der Waals surface area contributed by atoms with Crippen molar-refractivity contribution in [1.29, 1.82) is 0 Å². The SMILES string of the molecule is CC(=O)c1ccc(-c2cc(Cl)c3c(c2)CC(CNC(=O)C=Cc2ccn(C)c2)O3)s1. The van der Waals surface area contributed by atoms with E-state index in [0.29, 0.717) is 23.7 Å². The predicted octanol–water partition coefficient (Wildman–Crippen LogP) is 4.74. The maximum absolute atomic E-state index is 12.1. The van der Waals surface area contributed by atoms with E-state index in [1.807, 2.05) is 54.3 Å². The third-order valence-corrected chi connectivity index (χ3v) is 6.39. The summed E-state index contributed by atoms with van der Waals surface area (Å²) in [7, 11) is 1.93. The minimum atomic E-state index is -0.169. The highest BCUT2D eigenvalue weighted by atomic mass is 35.5. The van der Waals surface area contributed by atoms with E-state index in [1.54, 1.807) is 13.0 Å². The quantitative estimate of drug-likeness (QED) is 0.444. The van der Waals surface area contributed by atoms with E-state index < -0.39 is 0 Å². The normalized spacial score (nSPS) is 15.2. The van der Waals surface area contributed by atoms with E-state index in [2.05, 4.69) is 5.32 Å². The lowest BCUT2D eigenvalue weighted by Crippen LogP contribution is -2.33. The van der Waals surface area contributed by atoms with Gasteiger partial charge in [0.25, 0.3) is 0 Å². The van der Waals surface area contributed by atoms with Gasteiger partial charge in [-0.05, 0) is 54.5 Å². The number of rotatable bonds is 6. The molecule has 3 aromatic rings. The Labute approximate surface area is 183 Å². The van der Waals surface area contributed by atoms with Crippen LogP contribution < -0.4 is 10.1 Å². The number of carbonyl (C=O) groups excluding carboxylic acids is 2. The van der Waals surface area contributed by atoms with Crippen LogP contribution in [-0.4, -0.2) is 28.9 Å². The summed E-state index contributed by atoms with van der Waals surface area (Å²) in [5, 5.41) is 3.42. The second-order valence-electron chi connectivity index (χ2n) is 7.30. The van der Waals surface area contributed by atoms with E-state index >= 15 is 0 Å². The number of amides is 1. The lowest BCUT2D eigenvalue weighted by Gasteiger charge is -2.11. The summed E-state index contributed by atoms with van der Waals surface area (Å²) in [5.74, 6) is 0.558. The van der Waals surface area contributed by atoms with Gasteiger partial charge in [-0.3, -0.25) is 9.59 Å². The number of Topliss-reactive ketones (excluding diaryl/α,β-unsaturated/α-hetero) is 1. The van der Waals surface area contributed by atoms with Crippen LogP contribution in [0.2, 0.25) is 5.02 Å². The van der Waals surface area contributed by atoms with Crippen molar-refractivity contribution in [3.63, 3.8) is 0 Å². The molecule has 0 aliphatic carbocycles. The Balaban J connectivity index is 1.39. The summed E-state index contributed by atoms with van der Waals surface area (Å²) in [6, 6.07) is 9.62. The van der Waals surface area contributed by atoms with E-state index in [4.69, 9.17) is 16.3 Å². The van der Waals surface area contributed by atoms with Crippen LogP contribution in [0.25, 0.3) is 16.5 Å². The van der Waals surface area contributed by atoms with Crippen molar-refractivity contribution in [2.24, 2.45) is 7.05 Å². The van der Waals surface area contributed by atoms with Gasteiger partial charge in [-0.1, -0.05) is 11.6 Å². The first-order chi connectivity index (χ1) is 14.4. The van der Waals surface area contributed by atoms with E-state index in [0.717, 1.165) is 26.4 Å². The number of nitrogens with zero attached hydrogens (tertiary/aromatic N) is 1. The number of benzene rings is 1. The molecule has 1 atom stereocenters. The maximum Gasteiger partial charge on any atom is 0.244 e. The third-order valence-electron chi connectivity index (χ3n) is 4.88. The lowest BCUT2D eigenvalue weighted by atomic mass is 10.1. The first-order valence-electron chi connectivity index (χ1n) is 9.57. The van der Waals surface area contributed by atoms with E-state index in [1.165, 1.54) is 17.4 Å². The average Bonchev–Trinajstić information content (AvgIpc) is 3.43. The highest BCUT2D eigenvalue weighted by molar-refractivity contribution is 7.17. The molecule has 1 amide bonds. The number of halogens is 1. The van der Waals surface area contributed by atoms with Crippen molar-refractivity contribution >= 4 is 40.7 Å². The first kappa shape index (κ1) is 20.4. The third kappa shape index (κ3) is 4.50. The molecule has 0 saturated carbocycles. The van der Waals surface area contributed by atoms with Crippen LogP contribution in [0.15, 0.2) is 48.8 Å². The van der Waals surface area contributed by atoms with Gasteiger partial charge in [-0.15, -0.1) is 11.3 Å². The Bertz CT molecular complexity index is 1150. The molecule has 1 aromatic carbocycles. The zero-order valence-electron chi connectivity index (χ0n) is 16.6. The summed E-state index contributed by atoms with van der Waals surface area (Å²) in [4.78, 5) is 25.4. The molecular formula is C23H21ClN2O3S. The van der Waals surface area contributed by atoms with Crippen molar-refractivity contribution < 1.29 is 14.3 Å². The van der Waals surface area contributed by atoms with Crippen molar-refractivity contribution in [2.75, 3.05) is 6.54 Å². The van der Waals surface area contributed by atoms with Gasteiger partial charge in [0.05, 0.1) is 16.4 Å². The van der Waals surface area contributed by atoms with Crippen LogP contribution in [0.5, 0.6) is 5.75 Å². The summed E-state index contributed by atoms with van der Waals surface area (Å²) in [6.45, 7) is 1.96. The maximum atomic E-state index is 12.1. The fourth-order valence-electron chi connectivity index (χ4n) is 3.39. The minimum Gasteiger partial charge on any atom is -0.486 e. The molecule has 2 aromatic heterocycles. The molecule has 0 bridgehead atoms. The Morgan fingerprint density at radius 1 is 1.33 bits per heavy atom. The molecule has 7 heteroatoms. The predicted molar refractivity (Wildman–Crippen MR) is 120 cm³/mol. The molecule has 0 fully saturated rings. The van der Waals surface area contributed by atoms with Crippen LogP contribution in [-0.2, 0) is 18.3 Å². The molecule has 5 nitrogen and oxygen atoms in total. The number of hydrogen-bond donors (Lipinski definition) is 1. The van der Waals surface area contributed by atoms with Crippen molar-refractivity contribution in [3.05, 3.63) is 69.8 Å². The molecule has 4 rings (SSSR count). The van der Waals surface area contributed by atoms with Crippen molar-refractivity contribution in [2.45, 2.75) is 19.4 Å². The van der Waals surface area contributed by atoms with Crippen LogP contribution in [0.1, 0.15) is 27.7 Å². The first-order valence-corrected chi connectivity index (χ1v) is 10.8. The van der Waals surface area contributed by atoms with Crippen LogP contribution >= 0.6 is 22.9 Å². The second-order valence-corrected chi connectivity index (χ2v) is 8.79. The Morgan fingerprint density at radius 2 is 2.17 bits per heavy atom. The largest absolute Gasteiger partial charge is 0.486 e. The van der Waals surface area contributed by atoms with Crippen LogP contribution in [0.4, 0.5) is 0 Å². The highest BCUT2D eigenvalue weighted by Crippen LogP contribution is 2.41. The number of aromatic nitrogens is 1. The summed E-state index contributed by atoms with van der Waals surface area (Å²) < 4.78 is 7.89. The lowest BCUT2D eigenvalue weighted by molar-refractivity contribution is -0.116. The molecule has 0 saturated heterocycles. The molecule has 0 spiro atoms. The zero-order valence-corrected chi connectivity index (χ0v) is 18.2. The number of aryl methyl sites for hydroxylation is 1. The van der Waals surface area contributed by atoms with Crippen molar-refractivity contribution in [3.8, 4) is 16.2 Å². The number of carbonyl (C=O) groups is 2. The van der Waals surface area contributed by atoms with Gasteiger partial charge in [0.2, 0.25) is 5.91 Å². The summed E-state index contributed by atoms with van der Waals surface area (Å²) >= 11 is 7.91. The molecule has 30 heavy (non-hydrogen) atoms. The molecule has 1 aliphatic rings. The number of fused-ring (bicyclic) bond motifs is 1. The second kappa shape index (κ2) is 8.50. The molecular weight excluding hydrogens is 420 g/mol. The average molecular weight is 441 g/mol. The van der Waals surface area contributed by atoms with Gasteiger partial charge in [0.15, 0.2) is 5.78 Å². The van der Waals surface area contributed by atoms with Crippen LogP contribution in [0.3, 0.4) is 0 Å². The molecule has 1 N–H and O–H groups in total. The number of ketones is 1. The summed E-state index contributed by atoms with van der Waals surface area (Å²) in [5.41, 5.74) is 2.95. The van der Waals surface area contributed by atoms with Crippen molar-refractivity contribution in [1.82, 2.24) is 9.88 Å². The van der Waals surface area contributed by atoms with E-state index in [-0.39, 0.29) is 17.8 Å². The molecule has 0 radical (unpaired) electrons. The fraction of sp³-hybridized carbons (Fsp3) is 0.217. The van der Waals surface area contributed by atoms with Crippen LogP contribution in [0, 0.1) is 0 Å². The zero-order chi connectivity index (χ0) is 21.3. The summed E-state index contributed by atoms with van der Waals surface area (Å²) in [6.07, 6.45) is 7.66. The number of thiophene rings is 1. The van der Waals surface area contributed by atoms with Gasteiger partial charge >= 0.3 is 0 Å². The van der Waals surface area contributed by atoms with E-state index in [9.17, 15) is 9.59 Å². The van der Waals surface area contributed by atoms with Gasteiger partial charge < -0.3 is 14.6 Å². The smallest absolute Gasteiger partial charge is 0.244 e. The fourth-order valence-corrected chi connectivity index (χ4v) is 4.57. The monoisotopic (exact) mass is 440 g/mol. The molecule has 1 unspecified atom stereocenters. The topological polar surface area (TPSA) is 60.3 Å². The van der Waals surface area contributed by atoms with Gasteiger partial charge in [0, 0.05) is 42.4 Å². The number of ether oxygens (including phenoxy) is 1. The molecule has 1 aliphatic heterocycles. The number of nitrogens with one attached hydrogen (secondary N) is 1. The number of hydrogen-bond acceptors (Lipinski definition) is 4. The Hall–Kier alpha value is -2.83. The Morgan fingerprint density at radius 3 is 2.87 bits per heavy atom. The highest BCUT2D eigenvalue weighted by Gasteiger charge is 2.26. The Kier molecular flexibility index (Phi) is 5.79. The minimum absolute atomic E-state index is 0.0546. The molecule has 3 heterocycles. The standard InChI is InChI=1S/C23H21ClN2O3S/c1-14(27)20-4-5-21(30-20)16-9-17-10-18(29-23(17)19(24)11-16)12-25-22(28)6-3-15-7-8-26(2)13-15/h3-9,11,13,18H,10,12H2,1-2H3,(H,25,28). The van der Waals surface area contributed by atoms with Gasteiger partial charge in [0.1, 0.15) is 11.9 Å². The molecule has 154 valence electrons. The van der Waals surface area contributed by atoms with Gasteiger partial charge in [-0.25, -0.2) is 0 Å².